The van der Waals surface area contributed by atoms with Gasteiger partial charge in [-0.15, -0.1) is 0 Å². The summed E-state index contributed by atoms with van der Waals surface area (Å²) in [5.41, 5.74) is 2.78. The standard InChI is InChI=1S/C21H20ClNO4/c1-3-26-20(24)18(21(25)27-4-2)17-15-11-10-14(22)12-16(15)23-19(17)13-8-6-5-7-9-13/h5-12,18,23H,3-4H2,1-2H3. The van der Waals surface area contributed by atoms with Gasteiger partial charge in [0.15, 0.2) is 5.92 Å². The van der Waals surface area contributed by atoms with Crippen LogP contribution in [0.25, 0.3) is 22.2 Å². The Morgan fingerprint density at radius 1 is 1.00 bits per heavy atom. The molecule has 2 aromatic carbocycles. The van der Waals surface area contributed by atoms with Crippen molar-refractivity contribution in [2.75, 3.05) is 13.2 Å². The van der Waals surface area contributed by atoms with E-state index in [1.165, 1.54) is 0 Å². The van der Waals surface area contributed by atoms with Gasteiger partial charge in [-0.1, -0.05) is 48.0 Å². The lowest BCUT2D eigenvalue weighted by Crippen LogP contribution is -2.26. The van der Waals surface area contributed by atoms with Crippen LogP contribution in [0.1, 0.15) is 25.3 Å². The highest BCUT2D eigenvalue weighted by Crippen LogP contribution is 2.38. The Hall–Kier alpha value is -2.79. The van der Waals surface area contributed by atoms with Crippen molar-refractivity contribution < 1.29 is 19.1 Å². The molecule has 0 saturated heterocycles. The lowest BCUT2D eigenvalue weighted by Gasteiger charge is -2.16. The molecular formula is C21H20ClNO4. The smallest absolute Gasteiger partial charge is 0.324 e. The van der Waals surface area contributed by atoms with Gasteiger partial charge in [0.05, 0.1) is 18.9 Å². The number of hydrogen-bond donors (Lipinski definition) is 1. The fourth-order valence-corrected chi connectivity index (χ4v) is 3.28. The first kappa shape index (κ1) is 19.0. The van der Waals surface area contributed by atoms with Gasteiger partial charge in [-0.05, 0) is 31.5 Å². The first-order valence-electron chi connectivity index (χ1n) is 8.76. The molecular weight excluding hydrogens is 366 g/mol. The number of carbonyl (C=O) groups excluding carboxylic acids is 2. The van der Waals surface area contributed by atoms with Crippen LogP contribution in [0.2, 0.25) is 5.02 Å². The van der Waals surface area contributed by atoms with Crippen molar-refractivity contribution in [2.24, 2.45) is 0 Å². The average molecular weight is 386 g/mol. The fourth-order valence-electron chi connectivity index (χ4n) is 3.11. The van der Waals surface area contributed by atoms with E-state index in [0.29, 0.717) is 16.3 Å². The van der Waals surface area contributed by atoms with Crippen LogP contribution >= 0.6 is 11.6 Å². The molecule has 0 spiro atoms. The number of esters is 2. The number of nitrogens with one attached hydrogen (secondary N) is 1. The second-order valence-corrected chi connectivity index (χ2v) is 6.34. The lowest BCUT2D eigenvalue weighted by molar-refractivity contribution is -0.156. The molecule has 0 aliphatic carbocycles. The van der Waals surface area contributed by atoms with Crippen molar-refractivity contribution in [1.82, 2.24) is 4.98 Å². The summed E-state index contributed by atoms with van der Waals surface area (Å²) in [6, 6.07) is 14.8. The predicted octanol–water partition coefficient (Wildman–Crippen LogP) is 4.70. The Morgan fingerprint density at radius 2 is 1.63 bits per heavy atom. The van der Waals surface area contributed by atoms with Crippen LogP contribution in [0, 0.1) is 0 Å². The van der Waals surface area contributed by atoms with Crippen molar-refractivity contribution in [3.8, 4) is 11.3 Å². The number of hydrogen-bond acceptors (Lipinski definition) is 4. The number of halogens is 1. The summed E-state index contributed by atoms with van der Waals surface area (Å²) in [5.74, 6) is -2.46. The minimum atomic E-state index is -1.19. The molecule has 0 aliphatic heterocycles. The third-order valence-electron chi connectivity index (χ3n) is 4.20. The van der Waals surface area contributed by atoms with E-state index < -0.39 is 17.9 Å². The predicted molar refractivity (Wildman–Crippen MR) is 105 cm³/mol. The number of ether oxygens (including phenoxy) is 2. The number of H-pyrrole nitrogens is 1. The average Bonchev–Trinajstić information content (AvgIpc) is 3.01. The number of carbonyl (C=O) groups is 2. The molecule has 3 aromatic rings. The van der Waals surface area contributed by atoms with E-state index in [4.69, 9.17) is 21.1 Å². The SMILES string of the molecule is CCOC(=O)C(C(=O)OCC)c1c(-c2ccccc2)[nH]c2cc(Cl)ccc12. The molecule has 27 heavy (non-hydrogen) atoms. The van der Waals surface area contributed by atoms with Crippen molar-refractivity contribution in [2.45, 2.75) is 19.8 Å². The van der Waals surface area contributed by atoms with Gasteiger partial charge in [-0.3, -0.25) is 9.59 Å². The molecule has 0 aliphatic rings. The number of benzene rings is 2. The van der Waals surface area contributed by atoms with Gasteiger partial charge in [0.1, 0.15) is 0 Å². The van der Waals surface area contributed by atoms with Gasteiger partial charge in [0, 0.05) is 21.5 Å². The summed E-state index contributed by atoms with van der Waals surface area (Å²) in [7, 11) is 0. The Bertz CT molecular complexity index is 947. The Labute approximate surface area is 162 Å². The largest absolute Gasteiger partial charge is 0.465 e. The molecule has 3 rings (SSSR count). The second kappa shape index (κ2) is 8.27. The first-order chi connectivity index (χ1) is 13.1. The number of aromatic nitrogens is 1. The van der Waals surface area contributed by atoms with Crippen LogP contribution in [0.4, 0.5) is 0 Å². The van der Waals surface area contributed by atoms with Gasteiger partial charge in [-0.25, -0.2) is 0 Å². The minimum Gasteiger partial charge on any atom is -0.465 e. The van der Waals surface area contributed by atoms with Gasteiger partial charge in [-0.2, -0.15) is 0 Å². The third-order valence-corrected chi connectivity index (χ3v) is 4.43. The zero-order valence-corrected chi connectivity index (χ0v) is 15.9. The van der Waals surface area contributed by atoms with Crippen molar-refractivity contribution in [1.29, 1.82) is 0 Å². The maximum absolute atomic E-state index is 12.7. The molecule has 0 amide bonds. The quantitative estimate of drug-likeness (QED) is 0.493. The molecule has 0 unspecified atom stereocenters. The first-order valence-corrected chi connectivity index (χ1v) is 9.14. The van der Waals surface area contributed by atoms with E-state index in [9.17, 15) is 9.59 Å². The van der Waals surface area contributed by atoms with Gasteiger partial charge < -0.3 is 14.5 Å². The highest BCUT2D eigenvalue weighted by atomic mass is 35.5. The maximum atomic E-state index is 12.7. The van der Waals surface area contributed by atoms with E-state index in [1.54, 1.807) is 32.0 Å². The summed E-state index contributed by atoms with van der Waals surface area (Å²) < 4.78 is 10.4. The van der Waals surface area contributed by atoms with E-state index in [-0.39, 0.29) is 13.2 Å². The highest BCUT2D eigenvalue weighted by molar-refractivity contribution is 6.31. The Kier molecular flexibility index (Phi) is 5.81. The van der Waals surface area contributed by atoms with Crippen LogP contribution in [-0.2, 0) is 19.1 Å². The van der Waals surface area contributed by atoms with E-state index in [0.717, 1.165) is 16.5 Å². The normalized spacial score (nSPS) is 11.0. The number of rotatable bonds is 6. The number of aromatic amines is 1. The molecule has 0 bridgehead atoms. The summed E-state index contributed by atoms with van der Waals surface area (Å²) >= 11 is 6.13. The summed E-state index contributed by atoms with van der Waals surface area (Å²) in [6.45, 7) is 3.74. The van der Waals surface area contributed by atoms with Crippen molar-refractivity contribution in [3.63, 3.8) is 0 Å². The summed E-state index contributed by atoms with van der Waals surface area (Å²) in [5, 5.41) is 1.28. The molecule has 0 saturated carbocycles. The molecule has 1 aromatic heterocycles. The molecule has 0 radical (unpaired) electrons. The van der Waals surface area contributed by atoms with Crippen LogP contribution in [0.15, 0.2) is 48.5 Å². The van der Waals surface area contributed by atoms with Crippen LogP contribution in [0.5, 0.6) is 0 Å². The Balaban J connectivity index is 2.28. The van der Waals surface area contributed by atoms with Crippen molar-refractivity contribution >= 4 is 34.4 Å². The molecule has 1 heterocycles. The molecule has 1 N–H and O–H groups in total. The Morgan fingerprint density at radius 3 is 2.22 bits per heavy atom. The van der Waals surface area contributed by atoms with Crippen LogP contribution in [-0.4, -0.2) is 30.1 Å². The second-order valence-electron chi connectivity index (χ2n) is 5.91. The van der Waals surface area contributed by atoms with E-state index in [1.807, 2.05) is 30.3 Å². The van der Waals surface area contributed by atoms with Gasteiger partial charge in [0.2, 0.25) is 0 Å². The minimum absolute atomic E-state index is 0.170. The molecule has 0 atom stereocenters. The zero-order chi connectivity index (χ0) is 19.4. The van der Waals surface area contributed by atoms with Crippen LogP contribution < -0.4 is 0 Å². The van der Waals surface area contributed by atoms with Gasteiger partial charge in [0.25, 0.3) is 0 Å². The van der Waals surface area contributed by atoms with Gasteiger partial charge >= 0.3 is 11.9 Å². The number of fused-ring (bicyclic) bond motifs is 1. The highest BCUT2D eigenvalue weighted by Gasteiger charge is 2.36. The fraction of sp³-hybridized carbons (Fsp3) is 0.238. The molecule has 6 heteroatoms. The zero-order valence-electron chi connectivity index (χ0n) is 15.1. The molecule has 5 nitrogen and oxygen atoms in total. The van der Waals surface area contributed by atoms with Crippen molar-refractivity contribution in [3.05, 3.63) is 59.1 Å². The molecule has 0 fully saturated rings. The lowest BCUT2D eigenvalue weighted by atomic mass is 9.93. The summed E-state index contributed by atoms with van der Waals surface area (Å²) in [6.07, 6.45) is 0. The molecule has 140 valence electrons. The van der Waals surface area contributed by atoms with E-state index in [2.05, 4.69) is 4.98 Å². The maximum Gasteiger partial charge on any atom is 0.324 e. The van der Waals surface area contributed by atoms with E-state index >= 15 is 0 Å². The monoisotopic (exact) mass is 385 g/mol. The summed E-state index contributed by atoms with van der Waals surface area (Å²) in [4.78, 5) is 28.7. The third kappa shape index (κ3) is 3.83. The topological polar surface area (TPSA) is 68.4 Å². The van der Waals surface area contributed by atoms with Crippen LogP contribution in [0.3, 0.4) is 0 Å².